The van der Waals surface area contributed by atoms with Crippen molar-refractivity contribution in [1.82, 2.24) is 4.98 Å². The monoisotopic (exact) mass is 367 g/mol. The minimum Gasteiger partial charge on any atom is -0.494 e. The SMILES string of the molecule is CCOc1ccc(NC(=O)Nc2nc(-c3cc(C)ccc3C)cs2)cc1. The largest absolute Gasteiger partial charge is 0.494 e. The second-order valence-corrected chi connectivity index (χ2v) is 6.75. The summed E-state index contributed by atoms with van der Waals surface area (Å²) in [6, 6.07) is 13.2. The fourth-order valence-corrected chi connectivity index (χ4v) is 3.23. The molecular formula is C20H21N3O2S. The third kappa shape index (κ3) is 4.40. The van der Waals surface area contributed by atoms with Crippen LogP contribution in [0, 0.1) is 13.8 Å². The number of hydrogen-bond donors (Lipinski definition) is 2. The van der Waals surface area contributed by atoms with E-state index in [0.29, 0.717) is 17.4 Å². The Balaban J connectivity index is 1.65. The average molecular weight is 367 g/mol. The highest BCUT2D eigenvalue weighted by Crippen LogP contribution is 2.28. The topological polar surface area (TPSA) is 63.2 Å². The summed E-state index contributed by atoms with van der Waals surface area (Å²) in [6.07, 6.45) is 0. The van der Waals surface area contributed by atoms with E-state index < -0.39 is 0 Å². The van der Waals surface area contributed by atoms with Gasteiger partial charge in [0.25, 0.3) is 0 Å². The van der Waals surface area contributed by atoms with Gasteiger partial charge in [0.2, 0.25) is 0 Å². The van der Waals surface area contributed by atoms with E-state index in [-0.39, 0.29) is 6.03 Å². The molecule has 26 heavy (non-hydrogen) atoms. The Kier molecular flexibility index (Phi) is 5.53. The zero-order chi connectivity index (χ0) is 18.5. The van der Waals surface area contributed by atoms with Gasteiger partial charge in [-0.15, -0.1) is 11.3 Å². The molecule has 0 aliphatic heterocycles. The highest BCUT2D eigenvalue weighted by atomic mass is 32.1. The molecule has 6 heteroatoms. The van der Waals surface area contributed by atoms with Gasteiger partial charge in [-0.3, -0.25) is 5.32 Å². The van der Waals surface area contributed by atoms with Gasteiger partial charge in [-0.05, 0) is 56.7 Å². The summed E-state index contributed by atoms with van der Waals surface area (Å²) in [5.41, 5.74) is 4.98. The lowest BCUT2D eigenvalue weighted by molar-refractivity contribution is 0.262. The van der Waals surface area contributed by atoms with Crippen molar-refractivity contribution in [3.05, 3.63) is 59.0 Å². The molecule has 3 rings (SSSR count). The van der Waals surface area contributed by atoms with Gasteiger partial charge in [-0.1, -0.05) is 17.7 Å². The van der Waals surface area contributed by atoms with Crippen molar-refractivity contribution in [2.75, 3.05) is 17.2 Å². The maximum absolute atomic E-state index is 12.2. The number of amides is 2. The maximum Gasteiger partial charge on any atom is 0.325 e. The number of rotatable bonds is 5. The van der Waals surface area contributed by atoms with Crippen LogP contribution in [0.5, 0.6) is 5.75 Å². The maximum atomic E-state index is 12.2. The fourth-order valence-electron chi connectivity index (χ4n) is 2.53. The predicted octanol–water partition coefficient (Wildman–Crippen LogP) is 5.47. The standard InChI is InChI=1S/C20H21N3O2S/c1-4-25-16-9-7-15(8-10-16)21-19(24)23-20-22-18(12-26-20)17-11-13(2)5-6-14(17)3/h5-12H,4H2,1-3H3,(H2,21,22,23,24). The first kappa shape index (κ1) is 17.9. The molecule has 0 aliphatic carbocycles. The summed E-state index contributed by atoms with van der Waals surface area (Å²) in [5.74, 6) is 0.775. The third-order valence-electron chi connectivity index (χ3n) is 3.82. The number of nitrogens with one attached hydrogen (secondary N) is 2. The lowest BCUT2D eigenvalue weighted by Gasteiger charge is -2.07. The molecule has 0 saturated carbocycles. The summed E-state index contributed by atoms with van der Waals surface area (Å²) in [4.78, 5) is 16.7. The van der Waals surface area contributed by atoms with E-state index in [4.69, 9.17) is 4.74 Å². The van der Waals surface area contributed by atoms with Crippen LogP contribution in [-0.4, -0.2) is 17.6 Å². The quantitative estimate of drug-likeness (QED) is 0.628. The zero-order valence-corrected chi connectivity index (χ0v) is 15.8. The van der Waals surface area contributed by atoms with Crippen molar-refractivity contribution >= 4 is 28.2 Å². The number of benzene rings is 2. The minimum absolute atomic E-state index is 0.323. The van der Waals surface area contributed by atoms with Crippen LogP contribution < -0.4 is 15.4 Å². The van der Waals surface area contributed by atoms with E-state index in [9.17, 15) is 4.79 Å². The van der Waals surface area contributed by atoms with Gasteiger partial charge in [-0.2, -0.15) is 0 Å². The molecule has 2 aromatic carbocycles. The number of thiazole rings is 1. The van der Waals surface area contributed by atoms with Gasteiger partial charge in [0.05, 0.1) is 12.3 Å². The Morgan fingerprint density at radius 2 is 1.88 bits per heavy atom. The lowest BCUT2D eigenvalue weighted by Crippen LogP contribution is -2.19. The van der Waals surface area contributed by atoms with Gasteiger partial charge in [0.15, 0.2) is 5.13 Å². The lowest BCUT2D eigenvalue weighted by atomic mass is 10.0. The molecule has 3 aromatic rings. The van der Waals surface area contributed by atoms with Crippen LogP contribution in [0.25, 0.3) is 11.3 Å². The summed E-state index contributed by atoms with van der Waals surface area (Å²) < 4.78 is 5.39. The Hall–Kier alpha value is -2.86. The van der Waals surface area contributed by atoms with Crippen molar-refractivity contribution in [2.45, 2.75) is 20.8 Å². The molecule has 0 aliphatic rings. The van der Waals surface area contributed by atoms with Crippen LogP contribution in [0.2, 0.25) is 0 Å². The van der Waals surface area contributed by atoms with E-state index in [2.05, 4.69) is 47.7 Å². The smallest absolute Gasteiger partial charge is 0.325 e. The van der Waals surface area contributed by atoms with E-state index in [1.807, 2.05) is 24.4 Å². The molecule has 0 spiro atoms. The molecule has 0 unspecified atom stereocenters. The summed E-state index contributed by atoms with van der Waals surface area (Å²) in [7, 11) is 0. The van der Waals surface area contributed by atoms with Gasteiger partial charge in [0, 0.05) is 16.6 Å². The van der Waals surface area contributed by atoms with Gasteiger partial charge in [-0.25, -0.2) is 9.78 Å². The van der Waals surface area contributed by atoms with Gasteiger partial charge >= 0.3 is 6.03 Å². The van der Waals surface area contributed by atoms with Crippen LogP contribution in [-0.2, 0) is 0 Å². The Labute approximate surface area is 157 Å². The number of ether oxygens (including phenoxy) is 1. The van der Waals surface area contributed by atoms with Crippen molar-refractivity contribution < 1.29 is 9.53 Å². The predicted molar refractivity (Wildman–Crippen MR) is 107 cm³/mol. The molecule has 1 aromatic heterocycles. The molecule has 0 atom stereocenters. The third-order valence-corrected chi connectivity index (χ3v) is 4.57. The van der Waals surface area contributed by atoms with Gasteiger partial charge < -0.3 is 10.1 Å². The molecule has 1 heterocycles. The minimum atomic E-state index is -0.323. The van der Waals surface area contributed by atoms with Crippen LogP contribution in [0.1, 0.15) is 18.1 Å². The van der Waals surface area contributed by atoms with Gasteiger partial charge in [0.1, 0.15) is 5.75 Å². The molecule has 0 saturated heterocycles. The summed E-state index contributed by atoms with van der Waals surface area (Å²) in [6.45, 7) is 6.65. The molecule has 134 valence electrons. The van der Waals surface area contributed by atoms with Crippen LogP contribution in [0.3, 0.4) is 0 Å². The number of carbonyl (C=O) groups excluding carboxylic acids is 1. The second-order valence-electron chi connectivity index (χ2n) is 5.89. The first-order valence-electron chi connectivity index (χ1n) is 8.39. The first-order chi connectivity index (χ1) is 12.5. The summed E-state index contributed by atoms with van der Waals surface area (Å²) >= 11 is 1.40. The van der Waals surface area contributed by atoms with E-state index in [1.54, 1.807) is 12.1 Å². The molecule has 0 radical (unpaired) electrons. The molecule has 0 bridgehead atoms. The van der Waals surface area contributed by atoms with Crippen molar-refractivity contribution in [2.24, 2.45) is 0 Å². The molecule has 0 fully saturated rings. The van der Waals surface area contributed by atoms with E-state index in [1.165, 1.54) is 16.9 Å². The number of nitrogens with zero attached hydrogens (tertiary/aromatic N) is 1. The Morgan fingerprint density at radius 3 is 2.62 bits per heavy atom. The normalized spacial score (nSPS) is 10.4. The number of carbonyl (C=O) groups is 1. The Bertz CT molecular complexity index is 904. The number of hydrogen-bond acceptors (Lipinski definition) is 4. The molecular weight excluding hydrogens is 346 g/mol. The van der Waals surface area contributed by atoms with Crippen LogP contribution in [0.15, 0.2) is 47.8 Å². The molecule has 2 amide bonds. The van der Waals surface area contributed by atoms with Crippen LogP contribution in [0.4, 0.5) is 15.6 Å². The molecule has 5 nitrogen and oxygen atoms in total. The number of anilines is 2. The van der Waals surface area contributed by atoms with E-state index in [0.717, 1.165) is 22.6 Å². The molecule has 2 N–H and O–H groups in total. The van der Waals surface area contributed by atoms with Crippen molar-refractivity contribution in [3.63, 3.8) is 0 Å². The average Bonchev–Trinajstić information content (AvgIpc) is 3.07. The van der Waals surface area contributed by atoms with Crippen molar-refractivity contribution in [3.8, 4) is 17.0 Å². The summed E-state index contributed by atoms with van der Waals surface area (Å²) in [5, 5.41) is 8.08. The van der Waals surface area contributed by atoms with Crippen LogP contribution >= 0.6 is 11.3 Å². The van der Waals surface area contributed by atoms with Crippen molar-refractivity contribution in [1.29, 1.82) is 0 Å². The second kappa shape index (κ2) is 8.01. The zero-order valence-electron chi connectivity index (χ0n) is 15.0. The number of aromatic nitrogens is 1. The highest BCUT2D eigenvalue weighted by molar-refractivity contribution is 7.14. The van der Waals surface area contributed by atoms with E-state index >= 15 is 0 Å². The number of urea groups is 1. The Morgan fingerprint density at radius 1 is 1.12 bits per heavy atom. The highest BCUT2D eigenvalue weighted by Gasteiger charge is 2.10. The fraction of sp³-hybridized carbons (Fsp3) is 0.200. The first-order valence-corrected chi connectivity index (χ1v) is 9.27. The number of aryl methyl sites for hydroxylation is 2.